The lowest BCUT2D eigenvalue weighted by Gasteiger charge is -2.30. The Kier molecular flexibility index (Phi) is 4.58. The molecule has 2 nitrogen and oxygen atoms in total. The summed E-state index contributed by atoms with van der Waals surface area (Å²) in [6.07, 6.45) is 7.97. The molecule has 0 radical (unpaired) electrons. The number of amides is 1. The third kappa shape index (κ3) is 3.20. The van der Waals surface area contributed by atoms with Crippen molar-refractivity contribution in [1.82, 2.24) is 5.32 Å². The molecule has 104 valence electrons. The van der Waals surface area contributed by atoms with Crippen LogP contribution in [0.15, 0.2) is 0 Å². The van der Waals surface area contributed by atoms with E-state index in [1.54, 1.807) is 0 Å². The monoisotopic (exact) mass is 271 g/mol. The van der Waals surface area contributed by atoms with Crippen LogP contribution < -0.4 is 5.32 Å². The largest absolute Gasteiger partial charge is 0.351 e. The lowest BCUT2D eigenvalue weighted by atomic mass is 9.85. The van der Waals surface area contributed by atoms with E-state index in [2.05, 4.69) is 19.2 Å². The Morgan fingerprint density at radius 2 is 2.17 bits per heavy atom. The smallest absolute Gasteiger partial charge is 0.220 e. The van der Waals surface area contributed by atoms with Gasteiger partial charge in [0.2, 0.25) is 5.91 Å². The summed E-state index contributed by atoms with van der Waals surface area (Å²) in [4.78, 5) is 12.2. The molecule has 0 aromatic heterocycles. The van der Waals surface area contributed by atoms with Crippen LogP contribution in [-0.2, 0) is 4.79 Å². The normalized spacial score (nSPS) is 33.4. The highest BCUT2D eigenvalue weighted by Crippen LogP contribution is 2.49. The highest BCUT2D eigenvalue weighted by Gasteiger charge is 2.40. The molecule has 18 heavy (non-hydrogen) atoms. The van der Waals surface area contributed by atoms with Crippen molar-refractivity contribution in [2.45, 2.75) is 64.3 Å². The van der Waals surface area contributed by atoms with Crippen LogP contribution in [0.25, 0.3) is 0 Å². The Labute approximate surface area is 116 Å². The molecule has 2 rings (SSSR count). The molecule has 1 amide bonds. The Bertz CT molecular complexity index is 307. The Balaban J connectivity index is 1.81. The number of hydrogen-bond acceptors (Lipinski definition) is 1. The van der Waals surface area contributed by atoms with Gasteiger partial charge >= 0.3 is 0 Å². The lowest BCUT2D eigenvalue weighted by molar-refractivity contribution is -0.124. The summed E-state index contributed by atoms with van der Waals surface area (Å²) in [6.45, 7) is 4.22. The van der Waals surface area contributed by atoms with Crippen LogP contribution in [0, 0.1) is 17.8 Å². The third-order valence-corrected chi connectivity index (χ3v) is 5.39. The van der Waals surface area contributed by atoms with E-state index in [0.717, 1.165) is 31.1 Å². The first-order valence-electron chi connectivity index (χ1n) is 7.43. The number of fused-ring (bicyclic) bond motifs is 2. The molecule has 2 fully saturated rings. The summed E-state index contributed by atoms with van der Waals surface area (Å²) in [5.41, 5.74) is -0.115. The molecule has 1 N–H and O–H groups in total. The van der Waals surface area contributed by atoms with E-state index < -0.39 is 0 Å². The number of carbonyl (C=O) groups excluding carboxylic acids is 1. The molecule has 0 spiro atoms. The highest BCUT2D eigenvalue weighted by molar-refractivity contribution is 6.17. The van der Waals surface area contributed by atoms with Crippen molar-refractivity contribution in [1.29, 1.82) is 0 Å². The highest BCUT2D eigenvalue weighted by atomic mass is 35.5. The Hall–Kier alpha value is -0.240. The predicted molar refractivity (Wildman–Crippen MR) is 75.7 cm³/mol. The number of halogens is 1. The van der Waals surface area contributed by atoms with Gasteiger partial charge < -0.3 is 5.32 Å². The maximum atomic E-state index is 12.2. The molecule has 2 aliphatic carbocycles. The van der Waals surface area contributed by atoms with Crippen LogP contribution in [-0.4, -0.2) is 17.3 Å². The minimum Gasteiger partial charge on any atom is -0.351 e. The zero-order chi connectivity index (χ0) is 13.2. The van der Waals surface area contributed by atoms with E-state index in [1.807, 2.05) is 0 Å². The van der Waals surface area contributed by atoms with Gasteiger partial charge in [-0.05, 0) is 56.8 Å². The van der Waals surface area contributed by atoms with Crippen molar-refractivity contribution < 1.29 is 4.79 Å². The fourth-order valence-electron chi connectivity index (χ4n) is 3.79. The molecule has 2 bridgehead atoms. The van der Waals surface area contributed by atoms with E-state index in [0.29, 0.717) is 11.8 Å². The standard InChI is InChI=1S/C15H26ClNO/c1-3-15(2,6-7-16)17-14(18)10-13-9-11-4-5-12(13)8-11/h11-13H,3-10H2,1-2H3,(H,17,18). The van der Waals surface area contributed by atoms with E-state index in [1.165, 1.54) is 25.7 Å². The SMILES string of the molecule is CCC(C)(CCCl)NC(=O)CC1CC2CCC1C2. The molecule has 2 aliphatic rings. The number of hydrogen-bond donors (Lipinski definition) is 1. The second-order valence-corrected chi connectivity index (χ2v) is 6.92. The molecule has 3 heteroatoms. The van der Waals surface area contributed by atoms with Crippen molar-refractivity contribution in [3.8, 4) is 0 Å². The van der Waals surface area contributed by atoms with Crippen molar-refractivity contribution in [3.63, 3.8) is 0 Å². The molecule has 0 aromatic rings. The van der Waals surface area contributed by atoms with Gasteiger partial charge in [-0.1, -0.05) is 13.3 Å². The van der Waals surface area contributed by atoms with Gasteiger partial charge in [0.15, 0.2) is 0 Å². The van der Waals surface area contributed by atoms with E-state index >= 15 is 0 Å². The van der Waals surface area contributed by atoms with E-state index in [4.69, 9.17) is 11.6 Å². The summed E-state index contributed by atoms with van der Waals surface area (Å²) in [5.74, 6) is 3.26. The summed E-state index contributed by atoms with van der Waals surface area (Å²) >= 11 is 5.82. The fourth-order valence-corrected chi connectivity index (χ4v) is 4.21. The molecular weight excluding hydrogens is 246 g/mol. The second-order valence-electron chi connectivity index (χ2n) is 6.54. The molecule has 4 atom stereocenters. The number of rotatable bonds is 6. The summed E-state index contributed by atoms with van der Waals surface area (Å²) < 4.78 is 0. The maximum absolute atomic E-state index is 12.2. The van der Waals surface area contributed by atoms with E-state index in [-0.39, 0.29) is 11.4 Å². The van der Waals surface area contributed by atoms with Gasteiger partial charge in [-0.25, -0.2) is 0 Å². The predicted octanol–water partition coefficient (Wildman–Crippen LogP) is 3.73. The molecule has 0 saturated heterocycles. The summed E-state index contributed by atoms with van der Waals surface area (Å²) in [7, 11) is 0. The molecule has 4 unspecified atom stereocenters. The third-order valence-electron chi connectivity index (χ3n) is 5.20. The van der Waals surface area contributed by atoms with Crippen molar-refractivity contribution in [3.05, 3.63) is 0 Å². The van der Waals surface area contributed by atoms with Gasteiger partial charge in [-0.2, -0.15) is 0 Å². The first kappa shape index (κ1) is 14.2. The van der Waals surface area contributed by atoms with Gasteiger partial charge in [-0.15, -0.1) is 11.6 Å². The topological polar surface area (TPSA) is 29.1 Å². The van der Waals surface area contributed by atoms with Gasteiger partial charge in [0.25, 0.3) is 0 Å². The fraction of sp³-hybridized carbons (Fsp3) is 0.933. The van der Waals surface area contributed by atoms with Crippen LogP contribution in [0.4, 0.5) is 0 Å². The zero-order valence-corrected chi connectivity index (χ0v) is 12.4. The van der Waals surface area contributed by atoms with Crippen molar-refractivity contribution in [2.75, 3.05) is 5.88 Å². The Morgan fingerprint density at radius 1 is 1.39 bits per heavy atom. The zero-order valence-electron chi connectivity index (χ0n) is 11.7. The van der Waals surface area contributed by atoms with Gasteiger partial charge in [0.1, 0.15) is 0 Å². The molecule has 0 aliphatic heterocycles. The number of alkyl halides is 1. The van der Waals surface area contributed by atoms with Gasteiger partial charge in [0.05, 0.1) is 0 Å². The van der Waals surface area contributed by atoms with Crippen molar-refractivity contribution >= 4 is 17.5 Å². The summed E-state index contributed by atoms with van der Waals surface area (Å²) in [5, 5.41) is 3.21. The molecular formula is C15H26ClNO. The quantitative estimate of drug-likeness (QED) is 0.733. The van der Waals surface area contributed by atoms with Crippen molar-refractivity contribution in [2.24, 2.45) is 17.8 Å². The molecule has 0 heterocycles. The average molecular weight is 272 g/mol. The lowest BCUT2D eigenvalue weighted by Crippen LogP contribution is -2.46. The van der Waals surface area contributed by atoms with Crippen LogP contribution >= 0.6 is 11.6 Å². The summed E-state index contributed by atoms with van der Waals surface area (Å²) in [6, 6.07) is 0. The number of carbonyl (C=O) groups is 1. The van der Waals surface area contributed by atoms with Gasteiger partial charge in [0, 0.05) is 17.8 Å². The second kappa shape index (κ2) is 5.81. The van der Waals surface area contributed by atoms with Gasteiger partial charge in [-0.3, -0.25) is 4.79 Å². The average Bonchev–Trinajstić information content (AvgIpc) is 2.91. The molecule has 2 saturated carbocycles. The minimum atomic E-state index is -0.115. The number of nitrogens with one attached hydrogen (secondary N) is 1. The van der Waals surface area contributed by atoms with Crippen LogP contribution in [0.1, 0.15) is 58.8 Å². The van der Waals surface area contributed by atoms with Crippen LogP contribution in [0.5, 0.6) is 0 Å². The first-order valence-corrected chi connectivity index (χ1v) is 7.96. The van der Waals surface area contributed by atoms with E-state index in [9.17, 15) is 4.79 Å². The maximum Gasteiger partial charge on any atom is 0.220 e. The van der Waals surface area contributed by atoms with Crippen LogP contribution in [0.3, 0.4) is 0 Å². The first-order chi connectivity index (χ1) is 8.56. The Morgan fingerprint density at radius 3 is 2.67 bits per heavy atom. The minimum absolute atomic E-state index is 0.115. The van der Waals surface area contributed by atoms with Crippen LogP contribution in [0.2, 0.25) is 0 Å². The molecule has 0 aromatic carbocycles.